The Labute approximate surface area is 255 Å². The number of aliphatic carboxylic acids is 1. The molecule has 3 aliphatic carbocycles. The molecular formula is C33H32N6O4S. The average molecular weight is 609 g/mol. The van der Waals surface area contributed by atoms with Gasteiger partial charge in [-0.1, -0.05) is 47.5 Å². The molecule has 10 nitrogen and oxygen atoms in total. The minimum atomic E-state index is -4.00. The maximum Gasteiger partial charge on any atom is 0.308 e. The fraction of sp³-hybridized carbons (Fsp3) is 0.303. The predicted molar refractivity (Wildman–Crippen MR) is 166 cm³/mol. The molecule has 0 aliphatic heterocycles. The van der Waals surface area contributed by atoms with Gasteiger partial charge in [-0.05, 0) is 63.5 Å². The van der Waals surface area contributed by atoms with Gasteiger partial charge in [-0.2, -0.15) is 0 Å². The second-order valence-electron chi connectivity index (χ2n) is 12.0. The van der Waals surface area contributed by atoms with Crippen LogP contribution < -0.4 is 5.32 Å². The van der Waals surface area contributed by atoms with E-state index < -0.39 is 21.9 Å². The summed E-state index contributed by atoms with van der Waals surface area (Å²) in [5.41, 5.74) is 4.20. The molecular weight excluding hydrogens is 576 g/mol. The number of carboxylic acid groups (broad SMARTS) is 1. The van der Waals surface area contributed by atoms with Crippen LogP contribution in [0.4, 0.5) is 5.82 Å². The highest BCUT2D eigenvalue weighted by Crippen LogP contribution is 2.46. The molecule has 2 bridgehead atoms. The maximum absolute atomic E-state index is 13.8. The van der Waals surface area contributed by atoms with Crippen LogP contribution in [0.3, 0.4) is 0 Å². The number of anilines is 1. The lowest BCUT2D eigenvalue weighted by Gasteiger charge is -2.47. The van der Waals surface area contributed by atoms with Gasteiger partial charge in [0.2, 0.25) is 0 Å². The molecule has 11 heteroatoms. The molecule has 0 spiro atoms. The first-order valence-corrected chi connectivity index (χ1v) is 16.2. The van der Waals surface area contributed by atoms with Crippen LogP contribution in [-0.2, 0) is 14.8 Å². The zero-order valence-electron chi connectivity index (χ0n) is 24.4. The third-order valence-electron chi connectivity index (χ3n) is 9.15. The van der Waals surface area contributed by atoms with Crippen molar-refractivity contribution < 1.29 is 18.3 Å². The number of carbonyl (C=O) groups is 1. The van der Waals surface area contributed by atoms with E-state index in [1.165, 1.54) is 12.5 Å². The molecule has 2 aromatic carbocycles. The Morgan fingerprint density at radius 3 is 2.27 bits per heavy atom. The number of hydrogen-bond acceptors (Lipinski definition) is 8. The van der Waals surface area contributed by atoms with Gasteiger partial charge in [0.15, 0.2) is 11.5 Å². The molecule has 3 fully saturated rings. The molecule has 2 unspecified atom stereocenters. The van der Waals surface area contributed by atoms with Crippen LogP contribution >= 0.6 is 0 Å². The molecule has 0 amide bonds. The Morgan fingerprint density at radius 2 is 1.59 bits per heavy atom. The fourth-order valence-electron chi connectivity index (χ4n) is 6.82. The third kappa shape index (κ3) is 4.90. The largest absolute Gasteiger partial charge is 0.481 e. The topological polar surface area (TPSA) is 140 Å². The van der Waals surface area contributed by atoms with E-state index in [1.54, 1.807) is 30.5 Å². The molecule has 0 saturated heterocycles. The van der Waals surface area contributed by atoms with Crippen molar-refractivity contribution >= 4 is 32.8 Å². The predicted octanol–water partition coefficient (Wildman–Crippen LogP) is 5.71. The summed E-state index contributed by atoms with van der Waals surface area (Å²) in [5.74, 6) is -0.137. The van der Waals surface area contributed by atoms with Crippen molar-refractivity contribution in [2.24, 2.45) is 17.8 Å². The number of nitrogens with zero attached hydrogens (tertiary/aromatic N) is 5. The van der Waals surface area contributed by atoms with Gasteiger partial charge in [0.05, 0.1) is 16.5 Å². The lowest BCUT2D eigenvalue weighted by molar-refractivity contribution is -0.148. The van der Waals surface area contributed by atoms with Gasteiger partial charge in [0, 0.05) is 41.0 Å². The summed E-state index contributed by atoms with van der Waals surface area (Å²) in [5, 5.41) is 14.1. The van der Waals surface area contributed by atoms with Crippen LogP contribution in [0.5, 0.6) is 0 Å². The average Bonchev–Trinajstić information content (AvgIpc) is 3.43. The summed E-state index contributed by atoms with van der Waals surface area (Å²) >= 11 is 0. The smallest absolute Gasteiger partial charge is 0.308 e. The summed E-state index contributed by atoms with van der Waals surface area (Å²) < 4.78 is 28.8. The Bertz CT molecular complexity index is 1980. The number of hydrogen-bond donors (Lipinski definition) is 2. The van der Waals surface area contributed by atoms with Crippen LogP contribution in [0.1, 0.15) is 36.8 Å². The first-order valence-electron chi connectivity index (χ1n) is 14.8. The lowest BCUT2D eigenvalue weighted by Crippen LogP contribution is -2.51. The maximum atomic E-state index is 13.8. The van der Waals surface area contributed by atoms with Crippen molar-refractivity contribution in [2.45, 2.75) is 50.5 Å². The molecule has 44 heavy (non-hydrogen) atoms. The Balaban J connectivity index is 1.38. The SMILES string of the molecule is Cc1ccc(-c2cc(NC3C4CCC(CC4)C3C(=O)O)nc(-c3cn(S(=O)(=O)c4ccc(C)cc4)c4ncncc34)n2)cc1. The number of benzene rings is 2. The summed E-state index contributed by atoms with van der Waals surface area (Å²) in [7, 11) is -4.00. The molecule has 2 atom stereocenters. The molecule has 8 rings (SSSR count). The normalized spacial score (nSPS) is 21.4. The van der Waals surface area contributed by atoms with Gasteiger partial charge in [-0.3, -0.25) is 4.79 Å². The third-order valence-corrected chi connectivity index (χ3v) is 10.8. The Morgan fingerprint density at radius 1 is 0.932 bits per heavy atom. The quantitative estimate of drug-likeness (QED) is 0.238. The van der Waals surface area contributed by atoms with Crippen LogP contribution in [0.2, 0.25) is 0 Å². The number of aromatic nitrogens is 5. The van der Waals surface area contributed by atoms with Crippen molar-refractivity contribution in [1.82, 2.24) is 23.9 Å². The molecule has 3 aromatic heterocycles. The fourth-order valence-corrected chi connectivity index (χ4v) is 8.14. The van der Waals surface area contributed by atoms with E-state index in [9.17, 15) is 18.3 Å². The van der Waals surface area contributed by atoms with E-state index in [0.717, 1.165) is 46.3 Å². The van der Waals surface area contributed by atoms with Crippen LogP contribution in [0, 0.1) is 31.6 Å². The van der Waals surface area contributed by atoms with Gasteiger partial charge in [-0.25, -0.2) is 32.3 Å². The number of rotatable bonds is 7. The van der Waals surface area contributed by atoms with Gasteiger partial charge in [0.1, 0.15) is 12.1 Å². The number of aryl methyl sites for hydroxylation is 2. The van der Waals surface area contributed by atoms with Crippen molar-refractivity contribution in [1.29, 1.82) is 0 Å². The van der Waals surface area contributed by atoms with E-state index >= 15 is 0 Å². The monoisotopic (exact) mass is 608 g/mol. The highest BCUT2D eigenvalue weighted by atomic mass is 32.2. The van der Waals surface area contributed by atoms with E-state index in [0.29, 0.717) is 22.5 Å². The zero-order valence-corrected chi connectivity index (χ0v) is 25.2. The molecule has 3 saturated carbocycles. The van der Waals surface area contributed by atoms with Crippen molar-refractivity contribution in [3.05, 3.63) is 84.4 Å². The van der Waals surface area contributed by atoms with Crippen LogP contribution in [0.25, 0.3) is 33.7 Å². The number of nitrogens with one attached hydrogen (secondary N) is 1. The number of fused-ring (bicyclic) bond motifs is 4. The van der Waals surface area contributed by atoms with E-state index in [4.69, 9.17) is 9.97 Å². The molecule has 224 valence electrons. The van der Waals surface area contributed by atoms with E-state index in [2.05, 4.69) is 15.3 Å². The van der Waals surface area contributed by atoms with Gasteiger partial charge in [0.25, 0.3) is 10.0 Å². The first kappa shape index (κ1) is 28.1. The van der Waals surface area contributed by atoms with Crippen LogP contribution in [0.15, 0.2) is 78.2 Å². The standard InChI is InChI=1S/C33H32N6O4S/c1-19-3-7-21(8-4-19)27-15-28(37-30-23-11-9-22(10-12-23)29(30)33(40)41)38-31(36-27)26-17-39(32-25(26)16-34-18-35-32)44(42,43)24-13-5-20(2)6-14-24/h3-8,13-18,22-23,29-30H,9-12H2,1-2H3,(H,40,41)(H,36,37,38). The molecule has 3 aliphatic rings. The second kappa shape index (κ2) is 10.8. The lowest BCUT2D eigenvalue weighted by atomic mass is 9.61. The van der Waals surface area contributed by atoms with Gasteiger partial charge in [-0.15, -0.1) is 0 Å². The van der Waals surface area contributed by atoms with E-state index in [1.807, 2.05) is 44.2 Å². The summed E-state index contributed by atoms with van der Waals surface area (Å²) in [4.78, 5) is 30.8. The first-order chi connectivity index (χ1) is 21.2. The second-order valence-corrected chi connectivity index (χ2v) is 13.8. The number of carboxylic acids is 1. The molecule has 0 radical (unpaired) electrons. The van der Waals surface area contributed by atoms with Crippen LogP contribution in [-0.4, -0.2) is 49.4 Å². The molecule has 2 N–H and O–H groups in total. The zero-order chi connectivity index (χ0) is 30.6. The van der Waals surface area contributed by atoms with Crippen molar-refractivity contribution in [3.63, 3.8) is 0 Å². The summed E-state index contributed by atoms with van der Waals surface area (Å²) in [6, 6.07) is 16.2. The molecule has 3 heterocycles. The summed E-state index contributed by atoms with van der Waals surface area (Å²) in [6.07, 6.45) is 8.20. The highest BCUT2D eigenvalue weighted by molar-refractivity contribution is 7.90. The van der Waals surface area contributed by atoms with Crippen molar-refractivity contribution in [3.8, 4) is 22.6 Å². The Hall–Kier alpha value is -4.64. The van der Waals surface area contributed by atoms with Gasteiger partial charge >= 0.3 is 5.97 Å². The van der Waals surface area contributed by atoms with E-state index in [-0.39, 0.29) is 34.2 Å². The van der Waals surface area contributed by atoms with Crippen molar-refractivity contribution in [2.75, 3.05) is 5.32 Å². The molecule has 5 aromatic rings. The highest BCUT2D eigenvalue weighted by Gasteiger charge is 2.47. The minimum absolute atomic E-state index is 0.133. The Kier molecular flexibility index (Phi) is 6.92. The minimum Gasteiger partial charge on any atom is -0.481 e. The summed E-state index contributed by atoms with van der Waals surface area (Å²) in [6.45, 7) is 3.91. The van der Waals surface area contributed by atoms with Gasteiger partial charge < -0.3 is 10.4 Å².